The van der Waals surface area contributed by atoms with Crippen molar-refractivity contribution in [2.45, 2.75) is 13.1 Å². The number of amides is 1. The second kappa shape index (κ2) is 10.7. The highest BCUT2D eigenvalue weighted by Crippen LogP contribution is 2.24. The van der Waals surface area contributed by atoms with Crippen LogP contribution in [-0.2, 0) is 17.9 Å². The van der Waals surface area contributed by atoms with Crippen molar-refractivity contribution in [1.82, 2.24) is 25.1 Å². The molecule has 3 heterocycles. The largest absolute Gasteiger partial charge is 0.346 e. The predicted octanol–water partition coefficient (Wildman–Crippen LogP) is 5.45. The molecule has 7 heteroatoms. The van der Waals surface area contributed by atoms with Crippen LogP contribution in [0.5, 0.6) is 0 Å². The molecule has 0 spiro atoms. The molecule has 2 aromatic carbocycles. The molecular weight excluding hydrogens is 454 g/mol. The van der Waals surface area contributed by atoms with Crippen molar-refractivity contribution in [2.24, 2.45) is 0 Å². The van der Waals surface area contributed by atoms with E-state index in [0.29, 0.717) is 13.1 Å². The van der Waals surface area contributed by atoms with Gasteiger partial charge in [0.05, 0.1) is 24.5 Å². The number of nitrogens with one attached hydrogen (secondary N) is 1. The molecule has 1 amide bonds. The third kappa shape index (κ3) is 5.77. The number of nitrogens with zero attached hydrogens (tertiary/aromatic N) is 4. The third-order valence-corrected chi connectivity index (χ3v) is 6.23. The topological polar surface area (TPSA) is 72.7 Å². The minimum absolute atomic E-state index is 0.180. The van der Waals surface area contributed by atoms with Crippen molar-refractivity contribution >= 4 is 23.3 Å². The average molecular weight is 478 g/mol. The maximum Gasteiger partial charge on any atom is 0.244 e. The zero-order chi connectivity index (χ0) is 23.9. The van der Waals surface area contributed by atoms with Gasteiger partial charge in [0.15, 0.2) is 0 Å². The molecule has 0 radical (unpaired) electrons. The fourth-order valence-corrected chi connectivity index (χ4v) is 4.41. The van der Waals surface area contributed by atoms with Gasteiger partial charge in [0.1, 0.15) is 5.01 Å². The zero-order valence-electron chi connectivity index (χ0n) is 18.9. The van der Waals surface area contributed by atoms with Crippen LogP contribution < -0.4 is 5.32 Å². The lowest BCUT2D eigenvalue weighted by Crippen LogP contribution is -2.20. The Hall–Kier alpha value is -4.36. The van der Waals surface area contributed by atoms with Gasteiger partial charge in [-0.3, -0.25) is 14.5 Å². The Bertz CT molecular complexity index is 1430. The summed E-state index contributed by atoms with van der Waals surface area (Å²) in [4.78, 5) is 21.2. The molecule has 5 rings (SSSR count). The molecule has 0 saturated carbocycles. The van der Waals surface area contributed by atoms with Crippen LogP contribution in [0.15, 0.2) is 103 Å². The summed E-state index contributed by atoms with van der Waals surface area (Å²) >= 11 is 1.52. The molecule has 1 N–H and O–H groups in total. The highest BCUT2D eigenvalue weighted by molar-refractivity contribution is 7.09. The van der Waals surface area contributed by atoms with Gasteiger partial charge < -0.3 is 5.32 Å². The molecule has 3 aromatic heterocycles. The summed E-state index contributed by atoms with van der Waals surface area (Å²) in [6, 6.07) is 24.0. The highest BCUT2D eigenvalue weighted by Gasteiger charge is 2.10. The number of thiazole rings is 1. The summed E-state index contributed by atoms with van der Waals surface area (Å²) in [5.41, 5.74) is 5.79. The van der Waals surface area contributed by atoms with Crippen LogP contribution in [0.1, 0.15) is 16.1 Å². The summed E-state index contributed by atoms with van der Waals surface area (Å²) in [7, 11) is 0. The number of carbonyl (C=O) groups is 1. The van der Waals surface area contributed by atoms with E-state index in [1.165, 1.54) is 11.3 Å². The Balaban J connectivity index is 1.28. The standard InChI is InChI=1S/C28H23N5OS/c34-26(30-17-27-31-25(20-35-27)22-13-15-29-16-14-22)12-11-24-19-33(18-21-7-3-1-4-8-21)32-28(24)23-9-5-2-6-10-23/h1-16,19-20H,17-18H2,(H,30,34)/b12-11+. The van der Waals surface area contributed by atoms with E-state index in [4.69, 9.17) is 5.10 Å². The Labute approximate surface area is 207 Å². The summed E-state index contributed by atoms with van der Waals surface area (Å²) in [5.74, 6) is -0.180. The fraction of sp³-hybridized carbons (Fsp3) is 0.0714. The Kier molecular flexibility index (Phi) is 6.87. The molecule has 0 aliphatic heterocycles. The number of benzene rings is 2. The van der Waals surface area contributed by atoms with E-state index >= 15 is 0 Å². The van der Waals surface area contributed by atoms with Crippen LogP contribution in [0.2, 0.25) is 0 Å². The normalized spacial score (nSPS) is 11.1. The van der Waals surface area contributed by atoms with E-state index in [-0.39, 0.29) is 5.91 Å². The van der Waals surface area contributed by atoms with Gasteiger partial charge in [-0.15, -0.1) is 11.3 Å². The number of aromatic nitrogens is 4. The fourth-order valence-electron chi connectivity index (χ4n) is 3.67. The SMILES string of the molecule is O=C(/C=C/c1cn(Cc2ccccc2)nc1-c1ccccc1)NCc1nc(-c2ccncc2)cs1. The van der Waals surface area contributed by atoms with Crippen molar-refractivity contribution in [3.05, 3.63) is 119 Å². The number of carbonyl (C=O) groups excluding carboxylic acids is 1. The third-order valence-electron chi connectivity index (χ3n) is 5.38. The second-order valence-corrected chi connectivity index (χ2v) is 8.84. The van der Waals surface area contributed by atoms with Crippen molar-refractivity contribution in [1.29, 1.82) is 0 Å². The van der Waals surface area contributed by atoms with E-state index in [2.05, 4.69) is 27.4 Å². The van der Waals surface area contributed by atoms with Gasteiger partial charge in [0.2, 0.25) is 5.91 Å². The Morgan fingerprint density at radius 2 is 1.69 bits per heavy atom. The van der Waals surface area contributed by atoms with E-state index in [0.717, 1.165) is 38.6 Å². The zero-order valence-corrected chi connectivity index (χ0v) is 19.7. The van der Waals surface area contributed by atoms with Gasteiger partial charge in [0.25, 0.3) is 0 Å². The van der Waals surface area contributed by atoms with Crippen molar-refractivity contribution in [3.8, 4) is 22.5 Å². The van der Waals surface area contributed by atoms with Gasteiger partial charge in [-0.05, 0) is 23.8 Å². The predicted molar refractivity (Wildman–Crippen MR) is 139 cm³/mol. The molecular formula is C28H23N5OS. The maximum absolute atomic E-state index is 12.6. The van der Waals surface area contributed by atoms with Crippen molar-refractivity contribution in [2.75, 3.05) is 0 Å². The lowest BCUT2D eigenvalue weighted by atomic mass is 10.1. The lowest BCUT2D eigenvalue weighted by molar-refractivity contribution is -0.116. The first-order chi connectivity index (χ1) is 17.2. The Morgan fingerprint density at radius 3 is 2.46 bits per heavy atom. The molecule has 0 unspecified atom stereocenters. The molecule has 0 aliphatic carbocycles. The number of hydrogen-bond acceptors (Lipinski definition) is 5. The van der Waals surface area contributed by atoms with Gasteiger partial charge in [0, 0.05) is 46.7 Å². The molecule has 35 heavy (non-hydrogen) atoms. The highest BCUT2D eigenvalue weighted by atomic mass is 32.1. The van der Waals surface area contributed by atoms with Crippen LogP contribution in [-0.4, -0.2) is 25.7 Å². The van der Waals surface area contributed by atoms with Gasteiger partial charge in [-0.1, -0.05) is 60.7 Å². The van der Waals surface area contributed by atoms with Gasteiger partial charge in [-0.25, -0.2) is 4.98 Å². The molecule has 0 atom stereocenters. The number of hydrogen-bond donors (Lipinski definition) is 1. The van der Waals surface area contributed by atoms with Crippen molar-refractivity contribution < 1.29 is 4.79 Å². The Morgan fingerprint density at radius 1 is 0.943 bits per heavy atom. The van der Waals surface area contributed by atoms with Crippen LogP contribution >= 0.6 is 11.3 Å². The number of rotatable bonds is 8. The quantitative estimate of drug-likeness (QED) is 0.302. The maximum atomic E-state index is 12.6. The molecule has 0 saturated heterocycles. The van der Waals surface area contributed by atoms with Crippen LogP contribution in [0.3, 0.4) is 0 Å². The van der Waals surface area contributed by atoms with Gasteiger partial charge >= 0.3 is 0 Å². The van der Waals surface area contributed by atoms with E-state index in [1.807, 2.05) is 83.0 Å². The van der Waals surface area contributed by atoms with Crippen LogP contribution in [0.25, 0.3) is 28.6 Å². The molecule has 0 bridgehead atoms. The minimum atomic E-state index is -0.180. The first-order valence-corrected chi connectivity index (χ1v) is 12.1. The average Bonchev–Trinajstić information content (AvgIpc) is 3.55. The van der Waals surface area contributed by atoms with E-state index in [9.17, 15) is 4.79 Å². The number of pyridine rings is 1. The molecule has 172 valence electrons. The summed E-state index contributed by atoms with van der Waals surface area (Å²) < 4.78 is 1.91. The smallest absolute Gasteiger partial charge is 0.244 e. The summed E-state index contributed by atoms with van der Waals surface area (Å²) in [6.07, 6.45) is 8.82. The monoisotopic (exact) mass is 477 g/mol. The van der Waals surface area contributed by atoms with Crippen molar-refractivity contribution in [3.63, 3.8) is 0 Å². The summed E-state index contributed by atoms with van der Waals surface area (Å²) in [5, 5.41) is 10.6. The van der Waals surface area contributed by atoms with Gasteiger partial charge in [-0.2, -0.15) is 5.10 Å². The van der Waals surface area contributed by atoms with Crippen LogP contribution in [0, 0.1) is 0 Å². The first-order valence-electron chi connectivity index (χ1n) is 11.2. The summed E-state index contributed by atoms with van der Waals surface area (Å²) in [6.45, 7) is 1.03. The van der Waals surface area contributed by atoms with Crippen LogP contribution in [0.4, 0.5) is 0 Å². The molecule has 5 aromatic rings. The minimum Gasteiger partial charge on any atom is -0.346 e. The van der Waals surface area contributed by atoms with E-state index in [1.54, 1.807) is 18.5 Å². The molecule has 0 fully saturated rings. The second-order valence-electron chi connectivity index (χ2n) is 7.90. The first kappa shape index (κ1) is 22.4. The van der Waals surface area contributed by atoms with E-state index < -0.39 is 0 Å². The lowest BCUT2D eigenvalue weighted by Gasteiger charge is -2.01. The molecule has 6 nitrogen and oxygen atoms in total. The molecule has 0 aliphatic rings.